The number of ether oxygens (including phenoxy) is 2. The van der Waals surface area contributed by atoms with Crippen LogP contribution in [0, 0.1) is 17.0 Å². The van der Waals surface area contributed by atoms with Gasteiger partial charge in [0.15, 0.2) is 11.5 Å². The normalized spacial score (nSPS) is 10.4. The summed E-state index contributed by atoms with van der Waals surface area (Å²) in [6, 6.07) is 9.25. The molecule has 0 unspecified atom stereocenters. The number of nitrogens with one attached hydrogen (secondary N) is 1. The Labute approximate surface area is 165 Å². The number of carbonyl (C=O) groups is 1. The second-order valence-corrected chi connectivity index (χ2v) is 5.85. The number of amides is 1. The Morgan fingerprint density at radius 2 is 2.03 bits per heavy atom. The van der Waals surface area contributed by atoms with E-state index in [1.165, 1.54) is 13.2 Å². The third-order valence-electron chi connectivity index (χ3n) is 3.97. The Bertz CT molecular complexity index is 1060. The first-order chi connectivity index (χ1) is 13.9. The van der Waals surface area contributed by atoms with Crippen molar-refractivity contribution in [3.05, 3.63) is 58.0 Å². The molecule has 3 rings (SSSR count). The summed E-state index contributed by atoms with van der Waals surface area (Å²) in [6.45, 7) is 3.70. The van der Waals surface area contributed by atoms with Crippen molar-refractivity contribution in [3.63, 3.8) is 0 Å². The van der Waals surface area contributed by atoms with Crippen LogP contribution in [0.3, 0.4) is 0 Å². The Morgan fingerprint density at radius 3 is 2.66 bits per heavy atom. The Morgan fingerprint density at radius 1 is 1.28 bits per heavy atom. The van der Waals surface area contributed by atoms with Crippen molar-refractivity contribution < 1.29 is 23.7 Å². The van der Waals surface area contributed by atoms with Crippen LogP contribution < -0.4 is 14.8 Å². The van der Waals surface area contributed by atoms with Crippen LogP contribution >= 0.6 is 0 Å². The smallest absolute Gasteiger partial charge is 0.286 e. The van der Waals surface area contributed by atoms with Gasteiger partial charge in [-0.15, -0.1) is 0 Å². The molecule has 1 heterocycles. The van der Waals surface area contributed by atoms with Gasteiger partial charge in [0.25, 0.3) is 11.6 Å². The number of para-hydroxylation sites is 1. The van der Waals surface area contributed by atoms with E-state index in [4.69, 9.17) is 14.0 Å². The number of benzene rings is 2. The molecule has 29 heavy (non-hydrogen) atoms. The fourth-order valence-electron chi connectivity index (χ4n) is 2.70. The molecule has 0 aliphatic rings. The van der Waals surface area contributed by atoms with Crippen molar-refractivity contribution in [1.29, 1.82) is 0 Å². The number of hydrogen-bond donors (Lipinski definition) is 1. The average Bonchev–Trinajstić information content (AvgIpc) is 3.14. The van der Waals surface area contributed by atoms with E-state index in [9.17, 15) is 14.9 Å². The van der Waals surface area contributed by atoms with Crippen LogP contribution in [0.4, 0.5) is 11.4 Å². The lowest BCUT2D eigenvalue weighted by Gasteiger charge is -2.13. The minimum absolute atomic E-state index is 0.165. The summed E-state index contributed by atoms with van der Waals surface area (Å²) >= 11 is 0. The lowest BCUT2D eigenvalue weighted by molar-refractivity contribution is -0.385. The molecule has 3 aromatic rings. The highest BCUT2D eigenvalue weighted by Gasteiger charge is 2.25. The van der Waals surface area contributed by atoms with Crippen molar-refractivity contribution in [3.8, 4) is 22.9 Å². The number of nitrogens with zero attached hydrogens (tertiary/aromatic N) is 3. The summed E-state index contributed by atoms with van der Waals surface area (Å²) in [7, 11) is 1.37. The number of aromatic nitrogens is 2. The third kappa shape index (κ3) is 4.15. The van der Waals surface area contributed by atoms with Crippen LogP contribution in [0.1, 0.15) is 23.2 Å². The number of hydrogen-bond acceptors (Lipinski definition) is 8. The van der Waals surface area contributed by atoms with Crippen LogP contribution in [0.15, 0.2) is 40.9 Å². The van der Waals surface area contributed by atoms with Crippen molar-refractivity contribution in [2.75, 3.05) is 19.0 Å². The van der Waals surface area contributed by atoms with Crippen LogP contribution in [0.25, 0.3) is 11.4 Å². The summed E-state index contributed by atoms with van der Waals surface area (Å²) in [5, 5.41) is 18.0. The number of carbonyl (C=O) groups excluding carboxylic acids is 1. The predicted molar refractivity (Wildman–Crippen MR) is 103 cm³/mol. The van der Waals surface area contributed by atoms with Gasteiger partial charge in [0.05, 0.1) is 30.4 Å². The minimum atomic E-state index is -0.687. The molecule has 0 spiro atoms. The van der Waals surface area contributed by atoms with E-state index in [0.717, 1.165) is 6.07 Å². The summed E-state index contributed by atoms with van der Waals surface area (Å²) in [4.78, 5) is 27.9. The Balaban J connectivity index is 2.02. The monoisotopic (exact) mass is 398 g/mol. The average molecular weight is 398 g/mol. The maximum Gasteiger partial charge on any atom is 0.286 e. The molecule has 1 N–H and O–H groups in total. The standard InChI is InChI=1S/C19H18N4O6/c1-4-28-17-9-13(15(23(25)26)10-16(17)27-3)19(24)21-14-8-6-5-7-12(14)18-20-11(2)29-22-18/h5-10H,4H2,1-3H3,(H,21,24). The quantitative estimate of drug-likeness (QED) is 0.472. The third-order valence-corrected chi connectivity index (χ3v) is 3.97. The second kappa shape index (κ2) is 8.38. The zero-order valence-electron chi connectivity index (χ0n) is 16.0. The zero-order valence-corrected chi connectivity index (χ0v) is 16.0. The molecule has 0 aliphatic carbocycles. The van der Waals surface area contributed by atoms with E-state index in [1.54, 1.807) is 38.1 Å². The molecule has 150 valence electrons. The summed E-state index contributed by atoms with van der Waals surface area (Å²) in [5.74, 6) is 0.365. The van der Waals surface area contributed by atoms with E-state index in [2.05, 4.69) is 15.5 Å². The van der Waals surface area contributed by atoms with E-state index in [0.29, 0.717) is 23.7 Å². The Kier molecular flexibility index (Phi) is 5.72. The van der Waals surface area contributed by atoms with Crippen molar-refractivity contribution in [1.82, 2.24) is 10.1 Å². The number of anilines is 1. The molecule has 0 aliphatic heterocycles. The van der Waals surface area contributed by atoms with Crippen molar-refractivity contribution >= 4 is 17.3 Å². The van der Waals surface area contributed by atoms with Crippen LogP contribution in [-0.2, 0) is 0 Å². The fraction of sp³-hybridized carbons (Fsp3) is 0.211. The number of rotatable bonds is 7. The van der Waals surface area contributed by atoms with E-state index in [1.807, 2.05) is 0 Å². The highest BCUT2D eigenvalue weighted by molar-refractivity contribution is 6.09. The topological polar surface area (TPSA) is 130 Å². The van der Waals surface area contributed by atoms with Gasteiger partial charge in [-0.3, -0.25) is 14.9 Å². The molecule has 1 amide bonds. The van der Waals surface area contributed by atoms with Gasteiger partial charge in [-0.2, -0.15) is 4.98 Å². The van der Waals surface area contributed by atoms with Crippen LogP contribution in [0.5, 0.6) is 11.5 Å². The first-order valence-corrected chi connectivity index (χ1v) is 8.64. The molecule has 0 radical (unpaired) electrons. The molecule has 0 saturated carbocycles. The van der Waals surface area contributed by atoms with Gasteiger partial charge in [-0.1, -0.05) is 17.3 Å². The molecule has 0 bridgehead atoms. The maximum absolute atomic E-state index is 12.9. The lowest BCUT2D eigenvalue weighted by atomic mass is 10.1. The maximum atomic E-state index is 12.9. The van der Waals surface area contributed by atoms with Gasteiger partial charge < -0.3 is 19.3 Å². The van der Waals surface area contributed by atoms with Gasteiger partial charge in [-0.25, -0.2) is 0 Å². The van der Waals surface area contributed by atoms with Gasteiger partial charge in [0.2, 0.25) is 11.7 Å². The number of aryl methyl sites for hydroxylation is 1. The van der Waals surface area contributed by atoms with E-state index in [-0.39, 0.29) is 22.9 Å². The molecule has 1 aromatic heterocycles. The summed E-state index contributed by atoms with van der Waals surface area (Å²) < 4.78 is 15.6. The van der Waals surface area contributed by atoms with E-state index >= 15 is 0 Å². The first-order valence-electron chi connectivity index (χ1n) is 8.64. The first kappa shape index (κ1) is 19.8. The number of methoxy groups -OCH3 is 1. The van der Waals surface area contributed by atoms with Gasteiger partial charge >= 0.3 is 0 Å². The summed E-state index contributed by atoms with van der Waals surface area (Å²) in [6.07, 6.45) is 0. The molecule has 0 atom stereocenters. The molecular formula is C19H18N4O6. The van der Waals surface area contributed by atoms with Gasteiger partial charge in [0, 0.05) is 18.6 Å². The van der Waals surface area contributed by atoms with Crippen molar-refractivity contribution in [2.24, 2.45) is 0 Å². The van der Waals surface area contributed by atoms with E-state index < -0.39 is 16.5 Å². The number of nitro benzene ring substituents is 1. The summed E-state index contributed by atoms with van der Waals surface area (Å²) in [5.41, 5.74) is 0.314. The van der Waals surface area contributed by atoms with Crippen molar-refractivity contribution in [2.45, 2.75) is 13.8 Å². The SMILES string of the molecule is CCOc1cc(C(=O)Nc2ccccc2-c2noc(C)n2)c([N+](=O)[O-])cc1OC. The predicted octanol–water partition coefficient (Wildman–Crippen LogP) is 3.61. The highest BCUT2D eigenvalue weighted by Crippen LogP contribution is 2.35. The molecular weight excluding hydrogens is 380 g/mol. The second-order valence-electron chi connectivity index (χ2n) is 5.85. The fourth-order valence-corrected chi connectivity index (χ4v) is 2.70. The highest BCUT2D eigenvalue weighted by atomic mass is 16.6. The van der Waals surface area contributed by atoms with Gasteiger partial charge in [-0.05, 0) is 19.1 Å². The molecule has 0 fully saturated rings. The van der Waals surface area contributed by atoms with Gasteiger partial charge in [0.1, 0.15) is 5.56 Å². The van der Waals surface area contributed by atoms with Crippen LogP contribution in [0.2, 0.25) is 0 Å². The lowest BCUT2D eigenvalue weighted by Crippen LogP contribution is -2.15. The minimum Gasteiger partial charge on any atom is -0.493 e. The Hall–Kier alpha value is -3.95. The largest absolute Gasteiger partial charge is 0.493 e. The molecule has 2 aromatic carbocycles. The zero-order chi connectivity index (χ0) is 21.0. The molecule has 10 heteroatoms. The molecule has 10 nitrogen and oxygen atoms in total. The molecule has 0 saturated heterocycles. The number of nitro groups is 1. The van der Waals surface area contributed by atoms with Crippen LogP contribution in [-0.4, -0.2) is 34.7 Å².